The number of nitrogens with zero attached hydrogens (tertiary/aromatic N) is 2. The standard InChI is InChI=1S/C19H34N4O.HI/c1-20-19(22-13-16-23-14-7-8-15-23)21-12-6-9-17-24-18-10-4-2-3-5-11-18;/h7-8,14-15,18H,2-6,9-13,16-17H2,1H3,(H2,20,21,22);1H. The first-order valence-electron chi connectivity index (χ1n) is 9.55. The summed E-state index contributed by atoms with van der Waals surface area (Å²) >= 11 is 0. The Morgan fingerprint density at radius 3 is 2.40 bits per heavy atom. The maximum absolute atomic E-state index is 6.03. The van der Waals surface area contributed by atoms with Gasteiger partial charge in [0.25, 0.3) is 0 Å². The molecule has 144 valence electrons. The van der Waals surface area contributed by atoms with Crippen molar-refractivity contribution in [3.8, 4) is 0 Å². The van der Waals surface area contributed by atoms with E-state index in [9.17, 15) is 0 Å². The van der Waals surface area contributed by atoms with E-state index >= 15 is 0 Å². The lowest BCUT2D eigenvalue weighted by atomic mass is 10.1. The highest BCUT2D eigenvalue weighted by atomic mass is 127. The van der Waals surface area contributed by atoms with Gasteiger partial charge in [-0.25, -0.2) is 0 Å². The summed E-state index contributed by atoms with van der Waals surface area (Å²) in [5, 5.41) is 6.72. The number of unbranched alkanes of at least 4 members (excludes halogenated alkanes) is 1. The largest absolute Gasteiger partial charge is 0.378 e. The maximum Gasteiger partial charge on any atom is 0.191 e. The number of rotatable bonds is 9. The van der Waals surface area contributed by atoms with Crippen molar-refractivity contribution < 1.29 is 4.74 Å². The highest BCUT2D eigenvalue weighted by Gasteiger charge is 2.11. The molecule has 25 heavy (non-hydrogen) atoms. The first-order valence-corrected chi connectivity index (χ1v) is 9.55. The van der Waals surface area contributed by atoms with Crippen LogP contribution in [0.4, 0.5) is 0 Å². The van der Waals surface area contributed by atoms with Crippen molar-refractivity contribution in [2.75, 3.05) is 26.7 Å². The van der Waals surface area contributed by atoms with Gasteiger partial charge in [0, 0.05) is 45.7 Å². The number of hydrogen-bond donors (Lipinski definition) is 2. The fraction of sp³-hybridized carbons (Fsp3) is 0.737. The van der Waals surface area contributed by atoms with Gasteiger partial charge in [-0.05, 0) is 37.8 Å². The summed E-state index contributed by atoms with van der Waals surface area (Å²) in [5.74, 6) is 0.881. The molecule has 0 aromatic carbocycles. The predicted octanol–water partition coefficient (Wildman–Crippen LogP) is 3.79. The molecule has 1 aromatic heterocycles. The predicted molar refractivity (Wildman–Crippen MR) is 116 cm³/mol. The van der Waals surface area contributed by atoms with E-state index in [1.54, 1.807) is 0 Å². The Hall–Kier alpha value is -0.760. The summed E-state index contributed by atoms with van der Waals surface area (Å²) in [5.41, 5.74) is 0. The molecular weight excluding hydrogens is 427 g/mol. The van der Waals surface area contributed by atoms with Gasteiger partial charge in [-0.1, -0.05) is 25.7 Å². The zero-order valence-corrected chi connectivity index (χ0v) is 17.9. The van der Waals surface area contributed by atoms with E-state index < -0.39 is 0 Å². The van der Waals surface area contributed by atoms with Crippen LogP contribution in [-0.4, -0.2) is 43.4 Å². The molecule has 1 aliphatic rings. The molecule has 1 aromatic rings. The Balaban J connectivity index is 0.00000312. The Morgan fingerprint density at radius 2 is 1.72 bits per heavy atom. The molecule has 0 atom stereocenters. The van der Waals surface area contributed by atoms with Gasteiger partial charge in [-0.3, -0.25) is 4.99 Å². The van der Waals surface area contributed by atoms with Crippen molar-refractivity contribution in [3.63, 3.8) is 0 Å². The average Bonchev–Trinajstić information content (AvgIpc) is 2.98. The first-order chi connectivity index (χ1) is 11.9. The average molecular weight is 462 g/mol. The number of aromatic nitrogens is 1. The van der Waals surface area contributed by atoms with E-state index in [2.05, 4.69) is 32.6 Å². The molecule has 1 fully saturated rings. The highest BCUT2D eigenvalue weighted by molar-refractivity contribution is 14.0. The fourth-order valence-electron chi connectivity index (χ4n) is 3.14. The van der Waals surface area contributed by atoms with Gasteiger partial charge in [0.2, 0.25) is 0 Å². The summed E-state index contributed by atoms with van der Waals surface area (Å²) in [6.07, 6.45) is 14.9. The zero-order valence-electron chi connectivity index (χ0n) is 15.6. The van der Waals surface area contributed by atoms with Crippen LogP contribution in [0, 0.1) is 0 Å². The molecule has 6 heteroatoms. The molecule has 1 aliphatic carbocycles. The summed E-state index contributed by atoms with van der Waals surface area (Å²) in [7, 11) is 1.82. The molecule has 0 bridgehead atoms. The van der Waals surface area contributed by atoms with E-state index in [0.29, 0.717) is 6.10 Å². The molecule has 5 nitrogen and oxygen atoms in total. The van der Waals surface area contributed by atoms with Crippen LogP contribution in [0.2, 0.25) is 0 Å². The highest BCUT2D eigenvalue weighted by Crippen LogP contribution is 2.19. The summed E-state index contributed by atoms with van der Waals surface area (Å²) < 4.78 is 8.18. The third kappa shape index (κ3) is 10.1. The molecule has 0 aliphatic heterocycles. The van der Waals surface area contributed by atoms with Gasteiger partial charge in [-0.2, -0.15) is 0 Å². The number of aliphatic imine (C=N–C) groups is 1. The van der Waals surface area contributed by atoms with Gasteiger partial charge >= 0.3 is 0 Å². The molecule has 0 spiro atoms. The minimum atomic E-state index is 0. The van der Waals surface area contributed by atoms with Crippen molar-refractivity contribution in [1.29, 1.82) is 0 Å². The zero-order chi connectivity index (χ0) is 16.9. The molecule has 2 N–H and O–H groups in total. The summed E-state index contributed by atoms with van der Waals surface area (Å²) in [6.45, 7) is 3.66. The van der Waals surface area contributed by atoms with Crippen molar-refractivity contribution >= 4 is 29.9 Å². The van der Waals surface area contributed by atoms with Crippen LogP contribution in [0.1, 0.15) is 51.4 Å². The van der Waals surface area contributed by atoms with Crippen LogP contribution in [0.5, 0.6) is 0 Å². The molecule has 1 saturated carbocycles. The lowest BCUT2D eigenvalue weighted by molar-refractivity contribution is 0.0411. The lowest BCUT2D eigenvalue weighted by Crippen LogP contribution is -2.39. The second kappa shape index (κ2) is 14.4. The van der Waals surface area contributed by atoms with E-state index in [1.807, 2.05) is 19.2 Å². The molecule has 0 saturated heterocycles. The Labute approximate surface area is 170 Å². The molecule has 0 amide bonds. The van der Waals surface area contributed by atoms with Gasteiger partial charge in [0.1, 0.15) is 0 Å². The Kier molecular flexibility index (Phi) is 12.8. The van der Waals surface area contributed by atoms with E-state index in [1.165, 1.54) is 38.5 Å². The van der Waals surface area contributed by atoms with E-state index in [0.717, 1.165) is 45.0 Å². The van der Waals surface area contributed by atoms with Crippen LogP contribution in [0.25, 0.3) is 0 Å². The van der Waals surface area contributed by atoms with Gasteiger partial charge in [0.05, 0.1) is 6.10 Å². The second-order valence-corrected chi connectivity index (χ2v) is 6.54. The maximum atomic E-state index is 6.03. The van der Waals surface area contributed by atoms with Crippen LogP contribution in [0.3, 0.4) is 0 Å². The van der Waals surface area contributed by atoms with Crippen molar-refractivity contribution in [2.24, 2.45) is 4.99 Å². The van der Waals surface area contributed by atoms with Gasteiger partial charge in [0.15, 0.2) is 5.96 Å². The third-order valence-electron chi connectivity index (χ3n) is 4.57. The lowest BCUT2D eigenvalue weighted by Gasteiger charge is -2.15. The topological polar surface area (TPSA) is 50.6 Å². The normalized spacial score (nSPS) is 16.1. The van der Waals surface area contributed by atoms with Crippen molar-refractivity contribution in [1.82, 2.24) is 15.2 Å². The quantitative estimate of drug-likeness (QED) is 0.193. The molecule has 0 unspecified atom stereocenters. The molecule has 1 heterocycles. The van der Waals surface area contributed by atoms with Crippen LogP contribution in [0.15, 0.2) is 29.5 Å². The third-order valence-corrected chi connectivity index (χ3v) is 4.57. The van der Waals surface area contributed by atoms with E-state index in [4.69, 9.17) is 4.74 Å². The summed E-state index contributed by atoms with van der Waals surface area (Å²) in [6, 6.07) is 4.09. The SMILES string of the molecule is CN=C(NCCCCOC1CCCCCC1)NCCn1cccc1.I. The molecule has 0 radical (unpaired) electrons. The van der Waals surface area contributed by atoms with Crippen molar-refractivity contribution in [3.05, 3.63) is 24.5 Å². The van der Waals surface area contributed by atoms with Crippen LogP contribution >= 0.6 is 24.0 Å². The van der Waals surface area contributed by atoms with E-state index in [-0.39, 0.29) is 24.0 Å². The van der Waals surface area contributed by atoms with Gasteiger partial charge < -0.3 is 19.9 Å². The minimum Gasteiger partial charge on any atom is -0.378 e. The monoisotopic (exact) mass is 462 g/mol. The number of ether oxygens (including phenoxy) is 1. The Bertz CT molecular complexity index is 442. The summed E-state index contributed by atoms with van der Waals surface area (Å²) in [4.78, 5) is 4.26. The first kappa shape index (κ1) is 22.3. The number of hydrogen-bond acceptors (Lipinski definition) is 2. The fourth-order valence-corrected chi connectivity index (χ4v) is 3.14. The van der Waals surface area contributed by atoms with Crippen molar-refractivity contribution in [2.45, 2.75) is 64.0 Å². The van der Waals surface area contributed by atoms with Crippen LogP contribution < -0.4 is 10.6 Å². The number of nitrogens with one attached hydrogen (secondary N) is 2. The minimum absolute atomic E-state index is 0. The molecule has 2 rings (SSSR count). The number of guanidine groups is 1. The number of halogens is 1. The smallest absolute Gasteiger partial charge is 0.191 e. The van der Waals surface area contributed by atoms with Gasteiger partial charge in [-0.15, -0.1) is 24.0 Å². The molecular formula is C19H35IN4O. The Morgan fingerprint density at radius 1 is 1.04 bits per heavy atom. The second-order valence-electron chi connectivity index (χ2n) is 6.54. The van der Waals surface area contributed by atoms with Crippen LogP contribution in [-0.2, 0) is 11.3 Å².